The molecule has 2 aliphatic heterocycles. The largest absolute Gasteiger partial charge is 0.356 e. The Morgan fingerprint density at radius 3 is 2.52 bits per heavy atom. The number of likely N-dealkylation sites (tertiary alicyclic amines) is 1. The number of rotatable bonds is 2. The first kappa shape index (κ1) is 15.4. The number of fused-ring (bicyclic) bond motifs is 1. The molecular weight excluding hydrogens is 284 g/mol. The van der Waals surface area contributed by atoms with E-state index in [1.165, 1.54) is 94.6 Å². The van der Waals surface area contributed by atoms with E-state index in [-0.39, 0.29) is 0 Å². The minimum Gasteiger partial charge on any atom is -0.356 e. The van der Waals surface area contributed by atoms with E-state index in [1.807, 2.05) is 0 Å². The summed E-state index contributed by atoms with van der Waals surface area (Å²) in [6.45, 7) is 7.06. The fourth-order valence-electron chi connectivity index (χ4n) is 4.72. The maximum Gasteiger partial charge on any atom is 0.135 e. The Kier molecular flexibility index (Phi) is 4.52. The fraction of sp³-hybridized carbons (Fsp3) is 0.789. The van der Waals surface area contributed by atoms with Gasteiger partial charge in [0.15, 0.2) is 0 Å². The Labute approximate surface area is 140 Å². The van der Waals surface area contributed by atoms with E-state index in [9.17, 15) is 0 Å². The summed E-state index contributed by atoms with van der Waals surface area (Å²) in [5.41, 5.74) is 2.79. The highest BCUT2D eigenvalue weighted by atomic mass is 15.2. The van der Waals surface area contributed by atoms with Crippen LogP contribution in [0.1, 0.15) is 62.0 Å². The first-order chi connectivity index (χ1) is 11.3. The van der Waals surface area contributed by atoms with Gasteiger partial charge in [-0.3, -0.25) is 0 Å². The van der Waals surface area contributed by atoms with Gasteiger partial charge in [0.05, 0.1) is 0 Å². The molecule has 2 saturated heterocycles. The van der Waals surface area contributed by atoms with E-state index in [0.717, 1.165) is 18.3 Å². The number of hydrogen-bond acceptors (Lipinski definition) is 4. The summed E-state index contributed by atoms with van der Waals surface area (Å²) in [5, 5.41) is 0. The van der Waals surface area contributed by atoms with Crippen LogP contribution in [-0.2, 0) is 12.8 Å². The zero-order valence-electron chi connectivity index (χ0n) is 14.6. The highest BCUT2D eigenvalue weighted by Gasteiger charge is 2.27. The van der Waals surface area contributed by atoms with Crippen molar-refractivity contribution in [2.75, 3.05) is 31.1 Å². The number of anilines is 1. The van der Waals surface area contributed by atoms with Gasteiger partial charge in [-0.1, -0.05) is 0 Å². The van der Waals surface area contributed by atoms with Crippen molar-refractivity contribution in [2.24, 2.45) is 0 Å². The normalized spacial score (nSPS) is 26.1. The van der Waals surface area contributed by atoms with E-state index < -0.39 is 0 Å². The Morgan fingerprint density at radius 1 is 0.826 bits per heavy atom. The van der Waals surface area contributed by atoms with Gasteiger partial charge in [-0.25, -0.2) is 9.97 Å². The first-order valence-corrected chi connectivity index (χ1v) is 9.66. The second-order valence-corrected chi connectivity index (χ2v) is 7.54. The summed E-state index contributed by atoms with van der Waals surface area (Å²) < 4.78 is 0. The number of aryl methyl sites for hydroxylation is 2. The van der Waals surface area contributed by atoms with E-state index in [4.69, 9.17) is 9.97 Å². The van der Waals surface area contributed by atoms with Crippen LogP contribution in [0.5, 0.6) is 0 Å². The van der Waals surface area contributed by atoms with Crippen molar-refractivity contribution in [3.63, 3.8) is 0 Å². The zero-order valence-corrected chi connectivity index (χ0v) is 14.6. The molecule has 23 heavy (non-hydrogen) atoms. The molecule has 0 spiro atoms. The molecular formula is C19H30N4. The number of hydrogen-bond donors (Lipinski definition) is 0. The molecule has 1 unspecified atom stereocenters. The standard InChI is InChI=1S/C19H30N4/c1-15-20-18-9-3-2-8-17(18)19(21-15)23-13-6-7-16(10-14-23)22-11-4-5-12-22/h16H,2-14H2,1H3. The van der Waals surface area contributed by atoms with Gasteiger partial charge in [0.25, 0.3) is 0 Å². The summed E-state index contributed by atoms with van der Waals surface area (Å²) in [4.78, 5) is 14.9. The maximum absolute atomic E-state index is 4.88. The Balaban J connectivity index is 1.53. The minimum atomic E-state index is 0.807. The lowest BCUT2D eigenvalue weighted by atomic mass is 9.96. The summed E-state index contributed by atoms with van der Waals surface area (Å²) in [6, 6.07) is 0.807. The summed E-state index contributed by atoms with van der Waals surface area (Å²) >= 11 is 0. The van der Waals surface area contributed by atoms with Crippen LogP contribution < -0.4 is 4.90 Å². The van der Waals surface area contributed by atoms with Crippen LogP contribution in [0.2, 0.25) is 0 Å². The molecule has 2 fully saturated rings. The second kappa shape index (κ2) is 6.76. The highest BCUT2D eigenvalue weighted by Crippen LogP contribution is 2.30. The SMILES string of the molecule is Cc1nc2c(c(N3CCCC(N4CCCC4)CC3)n1)CCCC2. The van der Waals surface area contributed by atoms with Gasteiger partial charge in [-0.2, -0.15) is 0 Å². The molecule has 0 bridgehead atoms. The van der Waals surface area contributed by atoms with Crippen molar-refractivity contribution in [1.29, 1.82) is 0 Å². The van der Waals surface area contributed by atoms with E-state index in [2.05, 4.69) is 16.7 Å². The molecule has 0 radical (unpaired) electrons. The lowest BCUT2D eigenvalue weighted by molar-refractivity contribution is 0.225. The molecule has 0 amide bonds. The molecule has 4 rings (SSSR count). The molecule has 1 aromatic rings. The molecule has 0 aromatic carbocycles. The fourth-order valence-corrected chi connectivity index (χ4v) is 4.72. The van der Waals surface area contributed by atoms with Crippen LogP contribution in [0.25, 0.3) is 0 Å². The van der Waals surface area contributed by atoms with Gasteiger partial charge >= 0.3 is 0 Å². The van der Waals surface area contributed by atoms with E-state index in [1.54, 1.807) is 0 Å². The van der Waals surface area contributed by atoms with Crippen molar-refractivity contribution < 1.29 is 0 Å². The molecule has 0 saturated carbocycles. The van der Waals surface area contributed by atoms with Crippen LogP contribution in [0.15, 0.2) is 0 Å². The lowest BCUT2D eigenvalue weighted by Gasteiger charge is -2.28. The third-order valence-corrected chi connectivity index (χ3v) is 5.93. The maximum atomic E-state index is 4.88. The quantitative estimate of drug-likeness (QED) is 0.839. The van der Waals surface area contributed by atoms with Crippen LogP contribution in [0, 0.1) is 6.92 Å². The molecule has 4 heteroatoms. The average molecular weight is 314 g/mol. The monoisotopic (exact) mass is 314 g/mol. The second-order valence-electron chi connectivity index (χ2n) is 7.54. The Hall–Kier alpha value is -1.16. The first-order valence-electron chi connectivity index (χ1n) is 9.66. The minimum absolute atomic E-state index is 0.807. The third kappa shape index (κ3) is 3.23. The van der Waals surface area contributed by atoms with Crippen LogP contribution in [0.3, 0.4) is 0 Å². The molecule has 1 aliphatic carbocycles. The van der Waals surface area contributed by atoms with Crippen molar-refractivity contribution >= 4 is 5.82 Å². The summed E-state index contributed by atoms with van der Waals surface area (Å²) in [5.74, 6) is 2.23. The van der Waals surface area contributed by atoms with Crippen LogP contribution in [-0.4, -0.2) is 47.1 Å². The Bertz CT molecular complexity index is 551. The zero-order chi connectivity index (χ0) is 15.6. The summed E-state index contributed by atoms with van der Waals surface area (Å²) in [6.07, 6.45) is 11.7. The Morgan fingerprint density at radius 2 is 1.65 bits per heavy atom. The topological polar surface area (TPSA) is 32.3 Å². The van der Waals surface area contributed by atoms with Crippen LogP contribution in [0.4, 0.5) is 5.82 Å². The lowest BCUT2D eigenvalue weighted by Crippen LogP contribution is -2.34. The smallest absolute Gasteiger partial charge is 0.135 e. The van der Waals surface area contributed by atoms with Crippen molar-refractivity contribution in [1.82, 2.24) is 14.9 Å². The van der Waals surface area contributed by atoms with E-state index >= 15 is 0 Å². The third-order valence-electron chi connectivity index (χ3n) is 5.93. The van der Waals surface area contributed by atoms with Crippen LogP contribution >= 0.6 is 0 Å². The summed E-state index contributed by atoms with van der Waals surface area (Å²) in [7, 11) is 0. The van der Waals surface area contributed by atoms with Crippen molar-refractivity contribution in [2.45, 2.75) is 70.8 Å². The van der Waals surface area contributed by atoms with Crippen molar-refractivity contribution in [3.05, 3.63) is 17.1 Å². The predicted molar refractivity (Wildman–Crippen MR) is 94.1 cm³/mol. The molecule has 0 N–H and O–H groups in total. The predicted octanol–water partition coefficient (Wildman–Crippen LogP) is 3.12. The van der Waals surface area contributed by atoms with Gasteiger partial charge < -0.3 is 9.80 Å². The van der Waals surface area contributed by atoms with Gasteiger partial charge in [-0.05, 0) is 77.8 Å². The molecule has 1 aromatic heterocycles. The molecule has 3 aliphatic rings. The molecule has 3 heterocycles. The van der Waals surface area contributed by atoms with Gasteiger partial charge in [0, 0.05) is 30.4 Å². The number of aromatic nitrogens is 2. The molecule has 126 valence electrons. The molecule has 1 atom stereocenters. The number of nitrogens with zero attached hydrogens (tertiary/aromatic N) is 4. The van der Waals surface area contributed by atoms with Gasteiger partial charge in [-0.15, -0.1) is 0 Å². The highest BCUT2D eigenvalue weighted by molar-refractivity contribution is 5.50. The van der Waals surface area contributed by atoms with E-state index in [0.29, 0.717) is 0 Å². The van der Waals surface area contributed by atoms with Gasteiger partial charge in [0.2, 0.25) is 0 Å². The molecule has 4 nitrogen and oxygen atoms in total. The average Bonchev–Trinajstić information content (AvgIpc) is 2.99. The van der Waals surface area contributed by atoms with Crippen molar-refractivity contribution in [3.8, 4) is 0 Å². The van der Waals surface area contributed by atoms with Gasteiger partial charge in [0.1, 0.15) is 11.6 Å².